The first kappa shape index (κ1) is 22.0. The third-order valence-electron chi connectivity index (χ3n) is 5.83. The minimum atomic E-state index is -0.407. The SMILES string of the molecule is COc1ccc([C@H](CNC(=O)c2cc(=O)c3cc(C)cc(C)c3o2)N2CCOCC2)cc1. The summed E-state index contributed by atoms with van der Waals surface area (Å²) >= 11 is 0. The zero-order valence-corrected chi connectivity index (χ0v) is 18.6. The summed E-state index contributed by atoms with van der Waals surface area (Å²) in [4.78, 5) is 27.8. The highest BCUT2D eigenvalue weighted by Gasteiger charge is 2.24. The number of rotatable bonds is 6. The molecule has 4 rings (SSSR count). The van der Waals surface area contributed by atoms with Gasteiger partial charge in [0.15, 0.2) is 11.2 Å². The lowest BCUT2D eigenvalue weighted by atomic mass is 10.0. The molecule has 1 N–H and O–H groups in total. The molecule has 168 valence electrons. The van der Waals surface area contributed by atoms with Crippen LogP contribution in [0.4, 0.5) is 0 Å². The quantitative estimate of drug-likeness (QED) is 0.639. The molecule has 0 spiro atoms. The third kappa shape index (κ3) is 4.69. The van der Waals surface area contributed by atoms with Gasteiger partial charge in [0.1, 0.15) is 11.3 Å². The van der Waals surface area contributed by atoms with Crippen molar-refractivity contribution in [2.45, 2.75) is 19.9 Å². The van der Waals surface area contributed by atoms with Crippen LogP contribution in [0.5, 0.6) is 5.75 Å². The number of nitrogens with zero attached hydrogens (tertiary/aromatic N) is 1. The molecule has 2 aromatic carbocycles. The number of fused-ring (bicyclic) bond motifs is 1. The van der Waals surface area contributed by atoms with Gasteiger partial charge in [0, 0.05) is 25.7 Å². The van der Waals surface area contributed by atoms with Gasteiger partial charge in [-0.15, -0.1) is 0 Å². The van der Waals surface area contributed by atoms with Gasteiger partial charge in [0.05, 0.1) is 31.8 Å². The van der Waals surface area contributed by atoms with Crippen molar-refractivity contribution in [2.24, 2.45) is 0 Å². The number of carbonyl (C=O) groups is 1. The maximum Gasteiger partial charge on any atom is 0.287 e. The molecule has 2 heterocycles. The van der Waals surface area contributed by atoms with Crippen LogP contribution in [0.3, 0.4) is 0 Å². The number of morpholine rings is 1. The highest BCUT2D eigenvalue weighted by Crippen LogP contribution is 2.24. The van der Waals surface area contributed by atoms with E-state index in [2.05, 4.69) is 10.2 Å². The number of benzene rings is 2. The number of carbonyl (C=O) groups excluding carboxylic acids is 1. The molecule has 1 atom stereocenters. The Morgan fingerprint density at radius 3 is 2.53 bits per heavy atom. The summed E-state index contributed by atoms with van der Waals surface area (Å²) in [5, 5.41) is 3.45. The van der Waals surface area contributed by atoms with E-state index in [1.54, 1.807) is 13.2 Å². The largest absolute Gasteiger partial charge is 0.497 e. The number of methoxy groups -OCH3 is 1. The lowest BCUT2D eigenvalue weighted by Gasteiger charge is -2.35. The molecule has 1 amide bonds. The Balaban J connectivity index is 1.57. The first-order chi connectivity index (χ1) is 15.5. The number of nitrogens with one attached hydrogen (secondary N) is 1. The van der Waals surface area contributed by atoms with Crippen LogP contribution in [-0.4, -0.2) is 50.8 Å². The Kier molecular flexibility index (Phi) is 6.58. The average Bonchev–Trinajstić information content (AvgIpc) is 2.80. The Bertz CT molecular complexity index is 1160. The lowest BCUT2D eigenvalue weighted by molar-refractivity contribution is 0.0161. The molecule has 1 fully saturated rings. The van der Waals surface area contributed by atoms with Gasteiger partial charge in [0.2, 0.25) is 0 Å². The first-order valence-electron chi connectivity index (χ1n) is 10.8. The van der Waals surface area contributed by atoms with Crippen molar-refractivity contribution < 1.29 is 18.7 Å². The molecule has 3 aromatic rings. The van der Waals surface area contributed by atoms with Crippen LogP contribution in [0.15, 0.2) is 51.7 Å². The van der Waals surface area contributed by atoms with E-state index in [1.165, 1.54) is 6.07 Å². The molecule has 1 aliphatic rings. The summed E-state index contributed by atoms with van der Waals surface area (Å²) in [6.45, 7) is 7.03. The monoisotopic (exact) mass is 436 g/mol. The molecular weight excluding hydrogens is 408 g/mol. The summed E-state index contributed by atoms with van der Waals surface area (Å²) in [5.74, 6) is 0.391. The van der Waals surface area contributed by atoms with Gasteiger partial charge in [-0.1, -0.05) is 18.2 Å². The average molecular weight is 437 g/mol. The van der Waals surface area contributed by atoms with E-state index in [9.17, 15) is 9.59 Å². The van der Waals surface area contributed by atoms with Crippen LogP contribution in [0, 0.1) is 13.8 Å². The third-order valence-corrected chi connectivity index (χ3v) is 5.83. The molecule has 32 heavy (non-hydrogen) atoms. The molecular formula is C25H28N2O5. The van der Waals surface area contributed by atoms with Crippen LogP contribution in [0.1, 0.15) is 33.3 Å². The van der Waals surface area contributed by atoms with Crippen molar-refractivity contribution >= 4 is 16.9 Å². The van der Waals surface area contributed by atoms with Crippen molar-refractivity contribution in [3.8, 4) is 5.75 Å². The number of hydrogen-bond acceptors (Lipinski definition) is 6. The van der Waals surface area contributed by atoms with Crippen LogP contribution in [0.2, 0.25) is 0 Å². The van der Waals surface area contributed by atoms with Crippen molar-refractivity contribution in [2.75, 3.05) is 40.0 Å². The molecule has 0 aliphatic carbocycles. The molecule has 0 radical (unpaired) electrons. The Morgan fingerprint density at radius 1 is 1.12 bits per heavy atom. The van der Waals surface area contributed by atoms with Gasteiger partial charge in [0.25, 0.3) is 5.91 Å². The van der Waals surface area contributed by atoms with Gasteiger partial charge < -0.3 is 19.2 Å². The number of aryl methyl sites for hydroxylation is 2. The fraction of sp³-hybridized carbons (Fsp3) is 0.360. The predicted octanol–water partition coefficient (Wildman–Crippen LogP) is 3.22. The van der Waals surface area contributed by atoms with E-state index in [1.807, 2.05) is 44.2 Å². The summed E-state index contributed by atoms with van der Waals surface area (Å²) in [6.07, 6.45) is 0. The van der Waals surface area contributed by atoms with E-state index in [0.29, 0.717) is 30.7 Å². The van der Waals surface area contributed by atoms with Crippen LogP contribution in [-0.2, 0) is 4.74 Å². The predicted molar refractivity (Wildman–Crippen MR) is 122 cm³/mol. The Morgan fingerprint density at radius 2 is 1.84 bits per heavy atom. The normalized spacial score (nSPS) is 15.5. The Labute approximate surface area is 186 Å². The van der Waals surface area contributed by atoms with Crippen molar-refractivity contribution in [1.82, 2.24) is 10.2 Å². The van der Waals surface area contributed by atoms with E-state index < -0.39 is 5.91 Å². The zero-order chi connectivity index (χ0) is 22.7. The standard InChI is InChI=1S/C25H28N2O5/c1-16-12-17(2)24-20(13-16)22(28)14-23(32-24)25(29)26-15-21(27-8-10-31-11-9-27)18-4-6-19(30-3)7-5-18/h4-7,12-14,21H,8-11,15H2,1-3H3,(H,26,29)/t21-/m0/s1. The van der Waals surface area contributed by atoms with Crippen LogP contribution in [0.25, 0.3) is 11.0 Å². The molecule has 7 nitrogen and oxygen atoms in total. The van der Waals surface area contributed by atoms with Gasteiger partial charge in [-0.25, -0.2) is 0 Å². The summed E-state index contributed by atoms with van der Waals surface area (Å²) in [6, 6.07) is 12.8. The van der Waals surface area contributed by atoms with Crippen molar-refractivity contribution in [1.29, 1.82) is 0 Å². The number of amides is 1. The lowest BCUT2D eigenvalue weighted by Crippen LogP contribution is -2.43. The highest BCUT2D eigenvalue weighted by atomic mass is 16.5. The Hall–Kier alpha value is -3.16. The van der Waals surface area contributed by atoms with Gasteiger partial charge in [-0.2, -0.15) is 0 Å². The number of hydrogen-bond donors (Lipinski definition) is 1. The van der Waals surface area contributed by atoms with Crippen molar-refractivity contribution in [3.05, 3.63) is 75.1 Å². The van der Waals surface area contributed by atoms with Crippen LogP contribution >= 0.6 is 0 Å². The second-order valence-electron chi connectivity index (χ2n) is 8.08. The minimum absolute atomic E-state index is 0.0184. The smallest absolute Gasteiger partial charge is 0.287 e. The van der Waals surface area contributed by atoms with Gasteiger partial charge >= 0.3 is 0 Å². The van der Waals surface area contributed by atoms with E-state index in [0.717, 1.165) is 35.5 Å². The maximum absolute atomic E-state index is 12.9. The second-order valence-corrected chi connectivity index (χ2v) is 8.08. The topological polar surface area (TPSA) is 81.0 Å². The fourth-order valence-electron chi connectivity index (χ4n) is 4.17. The molecule has 1 aromatic heterocycles. The molecule has 1 aliphatic heterocycles. The van der Waals surface area contributed by atoms with Crippen LogP contribution < -0.4 is 15.5 Å². The van der Waals surface area contributed by atoms with Crippen molar-refractivity contribution in [3.63, 3.8) is 0 Å². The molecule has 1 saturated heterocycles. The van der Waals surface area contributed by atoms with E-state index in [4.69, 9.17) is 13.9 Å². The zero-order valence-electron chi connectivity index (χ0n) is 18.6. The van der Waals surface area contributed by atoms with Gasteiger partial charge in [-0.05, 0) is 48.7 Å². The summed E-state index contributed by atoms with van der Waals surface area (Å²) in [5.41, 5.74) is 3.11. The molecule has 0 saturated carbocycles. The molecule has 0 unspecified atom stereocenters. The molecule has 0 bridgehead atoms. The first-order valence-corrected chi connectivity index (χ1v) is 10.8. The number of ether oxygens (including phenoxy) is 2. The fourth-order valence-corrected chi connectivity index (χ4v) is 4.17. The van der Waals surface area contributed by atoms with E-state index >= 15 is 0 Å². The van der Waals surface area contributed by atoms with Gasteiger partial charge in [-0.3, -0.25) is 14.5 Å². The highest BCUT2D eigenvalue weighted by molar-refractivity contribution is 5.93. The van der Waals surface area contributed by atoms with E-state index in [-0.39, 0.29) is 17.2 Å². The summed E-state index contributed by atoms with van der Waals surface area (Å²) < 4.78 is 16.6. The maximum atomic E-state index is 12.9. The minimum Gasteiger partial charge on any atom is -0.497 e. The second kappa shape index (κ2) is 9.54. The summed E-state index contributed by atoms with van der Waals surface area (Å²) in [7, 11) is 1.63. The molecule has 7 heteroatoms.